The van der Waals surface area contributed by atoms with E-state index in [2.05, 4.69) is 15.2 Å². The standard InChI is InChI=1S/C20H18ClN3O2/c21-13-3-8-16-17(12-22-18(16)11-13)19(25)20(26)23-14-4-6-15(7-5-14)24-9-1-2-10-24/h3-8,11-12,22H,1-2,9-10H2,(H,23,26). The predicted molar refractivity (Wildman–Crippen MR) is 104 cm³/mol. The fourth-order valence-corrected chi connectivity index (χ4v) is 3.50. The summed E-state index contributed by atoms with van der Waals surface area (Å²) in [6.07, 6.45) is 3.96. The molecule has 132 valence electrons. The number of rotatable bonds is 4. The summed E-state index contributed by atoms with van der Waals surface area (Å²) in [5.41, 5.74) is 2.81. The molecule has 3 aromatic rings. The molecular weight excluding hydrogens is 350 g/mol. The number of halogens is 1. The van der Waals surface area contributed by atoms with E-state index in [0.717, 1.165) is 24.3 Å². The van der Waals surface area contributed by atoms with Gasteiger partial charge in [-0.3, -0.25) is 9.59 Å². The summed E-state index contributed by atoms with van der Waals surface area (Å²) >= 11 is 5.95. The zero-order chi connectivity index (χ0) is 18.1. The smallest absolute Gasteiger partial charge is 0.296 e. The van der Waals surface area contributed by atoms with Crippen molar-refractivity contribution in [2.45, 2.75) is 12.8 Å². The van der Waals surface area contributed by atoms with Crippen LogP contribution >= 0.6 is 11.6 Å². The molecule has 6 heteroatoms. The quantitative estimate of drug-likeness (QED) is 0.535. The van der Waals surface area contributed by atoms with Crippen molar-refractivity contribution in [1.82, 2.24) is 4.98 Å². The van der Waals surface area contributed by atoms with E-state index in [1.54, 1.807) is 24.4 Å². The van der Waals surface area contributed by atoms with E-state index < -0.39 is 11.7 Å². The Morgan fingerprint density at radius 3 is 2.50 bits per heavy atom. The Hall–Kier alpha value is -2.79. The van der Waals surface area contributed by atoms with Crippen LogP contribution < -0.4 is 10.2 Å². The van der Waals surface area contributed by atoms with Gasteiger partial charge < -0.3 is 15.2 Å². The molecule has 0 unspecified atom stereocenters. The van der Waals surface area contributed by atoms with E-state index in [-0.39, 0.29) is 0 Å². The lowest BCUT2D eigenvalue weighted by Crippen LogP contribution is -2.23. The zero-order valence-corrected chi connectivity index (χ0v) is 14.8. The topological polar surface area (TPSA) is 65.2 Å². The van der Waals surface area contributed by atoms with Crippen LogP contribution in [0, 0.1) is 0 Å². The van der Waals surface area contributed by atoms with Crippen molar-refractivity contribution in [1.29, 1.82) is 0 Å². The van der Waals surface area contributed by atoms with Gasteiger partial charge in [0.05, 0.1) is 5.56 Å². The number of nitrogens with one attached hydrogen (secondary N) is 2. The van der Waals surface area contributed by atoms with E-state index >= 15 is 0 Å². The van der Waals surface area contributed by atoms with Crippen LogP contribution in [0.3, 0.4) is 0 Å². The van der Waals surface area contributed by atoms with Gasteiger partial charge >= 0.3 is 0 Å². The molecule has 26 heavy (non-hydrogen) atoms. The maximum Gasteiger partial charge on any atom is 0.296 e. The number of ketones is 1. The number of amides is 1. The first-order chi connectivity index (χ1) is 12.6. The van der Waals surface area contributed by atoms with Gasteiger partial charge in [0.15, 0.2) is 0 Å². The largest absolute Gasteiger partial charge is 0.372 e. The van der Waals surface area contributed by atoms with Crippen molar-refractivity contribution in [3.8, 4) is 0 Å². The van der Waals surface area contributed by atoms with Crippen LogP contribution in [0.15, 0.2) is 48.7 Å². The number of benzene rings is 2. The van der Waals surface area contributed by atoms with Gasteiger partial charge in [-0.1, -0.05) is 17.7 Å². The number of fused-ring (bicyclic) bond motifs is 1. The fourth-order valence-electron chi connectivity index (χ4n) is 3.33. The Labute approximate surface area is 155 Å². The van der Waals surface area contributed by atoms with Crippen molar-refractivity contribution in [2.24, 2.45) is 0 Å². The number of Topliss-reactive ketones (excluding diaryl/α,β-unsaturated/α-hetero) is 1. The van der Waals surface area contributed by atoms with E-state index in [1.165, 1.54) is 12.8 Å². The molecule has 1 aromatic heterocycles. The highest BCUT2D eigenvalue weighted by molar-refractivity contribution is 6.48. The second kappa shape index (κ2) is 6.84. The van der Waals surface area contributed by atoms with Gasteiger partial charge in [-0.2, -0.15) is 0 Å². The van der Waals surface area contributed by atoms with Gasteiger partial charge in [0.1, 0.15) is 0 Å². The number of H-pyrrole nitrogens is 1. The average molecular weight is 368 g/mol. The van der Waals surface area contributed by atoms with E-state index in [9.17, 15) is 9.59 Å². The van der Waals surface area contributed by atoms with E-state index in [0.29, 0.717) is 21.7 Å². The Bertz CT molecular complexity index is 972. The molecule has 2 N–H and O–H groups in total. The molecule has 2 aromatic carbocycles. The highest BCUT2D eigenvalue weighted by atomic mass is 35.5. The zero-order valence-electron chi connectivity index (χ0n) is 14.1. The molecule has 4 rings (SSSR count). The number of hydrogen-bond acceptors (Lipinski definition) is 3. The number of carbonyl (C=O) groups is 2. The number of nitrogens with zero attached hydrogens (tertiary/aromatic N) is 1. The predicted octanol–water partition coefficient (Wildman–Crippen LogP) is 4.24. The lowest BCUT2D eigenvalue weighted by molar-refractivity contribution is -0.112. The fraction of sp³-hybridized carbons (Fsp3) is 0.200. The minimum absolute atomic E-state index is 0.336. The molecule has 1 amide bonds. The first-order valence-electron chi connectivity index (χ1n) is 8.59. The highest BCUT2D eigenvalue weighted by Crippen LogP contribution is 2.24. The van der Waals surface area contributed by atoms with Crippen LogP contribution in [0.1, 0.15) is 23.2 Å². The molecule has 1 aliphatic heterocycles. The Morgan fingerprint density at radius 1 is 1.04 bits per heavy atom. The molecule has 1 fully saturated rings. The van der Waals surface area contributed by atoms with Crippen LogP contribution in [0.4, 0.5) is 11.4 Å². The second-order valence-corrected chi connectivity index (χ2v) is 6.85. The lowest BCUT2D eigenvalue weighted by atomic mass is 10.1. The first-order valence-corrected chi connectivity index (χ1v) is 8.97. The Balaban J connectivity index is 1.49. The van der Waals surface area contributed by atoms with Crippen molar-refractivity contribution < 1.29 is 9.59 Å². The van der Waals surface area contributed by atoms with Gasteiger partial charge in [-0.25, -0.2) is 0 Å². The Kier molecular flexibility index (Phi) is 4.39. The molecule has 0 aliphatic carbocycles. The summed E-state index contributed by atoms with van der Waals surface area (Å²) in [7, 11) is 0. The SMILES string of the molecule is O=C(Nc1ccc(N2CCCC2)cc1)C(=O)c1c[nH]c2cc(Cl)ccc12. The summed E-state index contributed by atoms with van der Waals surface area (Å²) < 4.78 is 0. The number of hydrogen-bond donors (Lipinski definition) is 2. The molecule has 0 radical (unpaired) electrons. The van der Waals surface area contributed by atoms with E-state index in [4.69, 9.17) is 11.6 Å². The van der Waals surface area contributed by atoms with Crippen molar-refractivity contribution in [2.75, 3.05) is 23.3 Å². The van der Waals surface area contributed by atoms with Crippen LogP contribution in [0.25, 0.3) is 10.9 Å². The second-order valence-electron chi connectivity index (χ2n) is 6.42. The highest BCUT2D eigenvalue weighted by Gasteiger charge is 2.20. The molecule has 1 saturated heterocycles. The number of anilines is 2. The average Bonchev–Trinajstić information content (AvgIpc) is 3.31. The summed E-state index contributed by atoms with van der Waals surface area (Å²) in [5.74, 6) is -1.24. The molecular formula is C20H18ClN3O2. The summed E-state index contributed by atoms with van der Waals surface area (Å²) in [6.45, 7) is 2.13. The van der Waals surface area contributed by atoms with Crippen LogP contribution in [-0.4, -0.2) is 29.8 Å². The minimum atomic E-state index is -0.658. The van der Waals surface area contributed by atoms with Crippen LogP contribution in [-0.2, 0) is 4.79 Å². The molecule has 0 bridgehead atoms. The molecule has 1 aliphatic rings. The van der Waals surface area contributed by atoms with Gasteiger partial charge in [-0.15, -0.1) is 0 Å². The summed E-state index contributed by atoms with van der Waals surface area (Å²) in [4.78, 5) is 30.2. The third-order valence-corrected chi connectivity index (χ3v) is 4.93. The molecule has 2 heterocycles. The monoisotopic (exact) mass is 367 g/mol. The van der Waals surface area contributed by atoms with Crippen molar-refractivity contribution in [3.63, 3.8) is 0 Å². The molecule has 0 spiro atoms. The lowest BCUT2D eigenvalue weighted by Gasteiger charge is -2.17. The normalized spacial score (nSPS) is 14.0. The maximum atomic E-state index is 12.5. The van der Waals surface area contributed by atoms with Gasteiger partial charge in [0, 0.05) is 46.6 Å². The summed E-state index contributed by atoms with van der Waals surface area (Å²) in [5, 5.41) is 3.93. The molecule has 0 atom stereocenters. The minimum Gasteiger partial charge on any atom is -0.372 e. The number of carbonyl (C=O) groups excluding carboxylic acids is 2. The van der Waals surface area contributed by atoms with Gasteiger partial charge in [-0.05, 0) is 49.2 Å². The Morgan fingerprint density at radius 2 is 1.77 bits per heavy atom. The molecule has 5 nitrogen and oxygen atoms in total. The third-order valence-electron chi connectivity index (χ3n) is 4.69. The van der Waals surface area contributed by atoms with Crippen LogP contribution in [0.2, 0.25) is 5.02 Å². The third kappa shape index (κ3) is 3.18. The number of aromatic nitrogens is 1. The van der Waals surface area contributed by atoms with Crippen molar-refractivity contribution >= 4 is 45.6 Å². The maximum absolute atomic E-state index is 12.5. The first kappa shape index (κ1) is 16.7. The van der Waals surface area contributed by atoms with Gasteiger partial charge in [0.25, 0.3) is 11.7 Å². The van der Waals surface area contributed by atoms with Crippen molar-refractivity contribution in [3.05, 3.63) is 59.2 Å². The number of aromatic amines is 1. The van der Waals surface area contributed by atoms with Gasteiger partial charge in [0.2, 0.25) is 0 Å². The van der Waals surface area contributed by atoms with Crippen LogP contribution in [0.5, 0.6) is 0 Å². The summed E-state index contributed by atoms with van der Waals surface area (Å²) in [6, 6.07) is 12.8. The van der Waals surface area contributed by atoms with E-state index in [1.807, 2.05) is 24.3 Å². The molecule has 0 saturated carbocycles.